The number of fused-ring (bicyclic) bond motifs is 2. The first-order valence-corrected chi connectivity index (χ1v) is 9.70. The zero-order chi connectivity index (χ0) is 22.3. The third-order valence-corrected chi connectivity index (χ3v) is 5.23. The fraction of sp³-hybridized carbons (Fsp3) is 0.333. The highest BCUT2D eigenvalue weighted by molar-refractivity contribution is 5.82. The summed E-state index contributed by atoms with van der Waals surface area (Å²) < 4.78 is 40.8. The lowest BCUT2D eigenvalue weighted by Crippen LogP contribution is -2.28. The monoisotopic (exact) mass is 430 g/mol. The summed E-state index contributed by atoms with van der Waals surface area (Å²) in [7, 11) is 1.94. The summed E-state index contributed by atoms with van der Waals surface area (Å²) in [5, 5.41) is 7.21. The van der Waals surface area contributed by atoms with Gasteiger partial charge in [0.05, 0.1) is 47.1 Å². The van der Waals surface area contributed by atoms with Crippen molar-refractivity contribution in [1.82, 2.24) is 29.6 Å². The summed E-state index contributed by atoms with van der Waals surface area (Å²) in [5.74, 6) is 0.708. The number of rotatable bonds is 5. The van der Waals surface area contributed by atoms with Crippen LogP contribution in [0.5, 0.6) is 0 Å². The Bertz CT molecular complexity index is 1270. The van der Waals surface area contributed by atoms with Crippen molar-refractivity contribution in [1.29, 1.82) is 0 Å². The van der Waals surface area contributed by atoms with Crippen LogP contribution in [0.3, 0.4) is 0 Å². The molecule has 0 saturated heterocycles. The molecule has 0 aliphatic heterocycles. The Kier molecular flexibility index (Phi) is 5.16. The summed E-state index contributed by atoms with van der Waals surface area (Å²) in [4.78, 5) is 21.2. The van der Waals surface area contributed by atoms with Gasteiger partial charge in [-0.1, -0.05) is 6.07 Å². The fourth-order valence-corrected chi connectivity index (χ4v) is 3.55. The lowest BCUT2D eigenvalue weighted by Gasteiger charge is -2.14. The highest BCUT2D eigenvalue weighted by atomic mass is 19.4. The third kappa shape index (κ3) is 4.37. The van der Waals surface area contributed by atoms with Gasteiger partial charge in [0.2, 0.25) is 5.91 Å². The van der Waals surface area contributed by atoms with Crippen LogP contribution in [0.15, 0.2) is 36.7 Å². The number of nitrogens with zero attached hydrogens (tertiary/aromatic N) is 5. The van der Waals surface area contributed by atoms with E-state index < -0.39 is 18.8 Å². The molecule has 7 nitrogen and oxygen atoms in total. The first kappa shape index (κ1) is 20.8. The fourth-order valence-electron chi connectivity index (χ4n) is 3.55. The van der Waals surface area contributed by atoms with Crippen molar-refractivity contribution in [2.45, 2.75) is 39.0 Å². The highest BCUT2D eigenvalue weighted by Gasteiger charge is 2.29. The van der Waals surface area contributed by atoms with E-state index in [0.717, 1.165) is 27.1 Å². The lowest BCUT2D eigenvalue weighted by molar-refractivity contribution is -0.141. The van der Waals surface area contributed by atoms with Crippen LogP contribution >= 0.6 is 0 Å². The number of hydrogen-bond acceptors (Lipinski definition) is 4. The smallest absolute Gasteiger partial charge is 0.348 e. The molecule has 4 aromatic rings. The van der Waals surface area contributed by atoms with Crippen LogP contribution in [0.4, 0.5) is 13.2 Å². The van der Waals surface area contributed by atoms with Gasteiger partial charge in [-0.05, 0) is 37.6 Å². The maximum atomic E-state index is 12.6. The van der Waals surface area contributed by atoms with E-state index in [0.29, 0.717) is 16.6 Å². The maximum absolute atomic E-state index is 12.6. The second kappa shape index (κ2) is 7.68. The topological polar surface area (TPSA) is 77.6 Å². The number of aromatic nitrogens is 5. The van der Waals surface area contributed by atoms with Crippen molar-refractivity contribution < 1.29 is 18.0 Å². The minimum atomic E-state index is -4.37. The summed E-state index contributed by atoms with van der Waals surface area (Å²) in [6, 6.07) is 6.96. The zero-order valence-electron chi connectivity index (χ0n) is 17.2. The zero-order valence-corrected chi connectivity index (χ0v) is 17.2. The molecule has 0 radical (unpaired) electrons. The number of nitrogens with one attached hydrogen (secondary N) is 1. The standard InChI is InChI=1S/C21H21F3N6O/c1-12(16-8-15-9-26-30(11-21(22,23)24)19(15)10-25-16)27-20(31)7-14-4-5-18-17(6-14)28-13(2)29(18)3/h4-6,8-10,12H,7,11H2,1-3H3,(H,27,31). The molecule has 162 valence electrons. The van der Waals surface area contributed by atoms with Crippen molar-refractivity contribution >= 4 is 27.8 Å². The van der Waals surface area contributed by atoms with Crippen LogP contribution in [0, 0.1) is 6.92 Å². The van der Waals surface area contributed by atoms with Crippen molar-refractivity contribution in [3.8, 4) is 0 Å². The Morgan fingerprint density at radius 2 is 1.97 bits per heavy atom. The molecule has 1 amide bonds. The second-order valence-electron chi connectivity index (χ2n) is 7.59. The van der Waals surface area contributed by atoms with Crippen LogP contribution < -0.4 is 5.32 Å². The van der Waals surface area contributed by atoms with E-state index in [9.17, 15) is 18.0 Å². The molecule has 1 atom stereocenters. The van der Waals surface area contributed by atoms with Gasteiger partial charge in [0, 0.05) is 12.4 Å². The van der Waals surface area contributed by atoms with Gasteiger partial charge in [-0.15, -0.1) is 0 Å². The number of alkyl halides is 3. The number of aryl methyl sites for hydroxylation is 2. The number of halogens is 3. The Balaban J connectivity index is 1.45. The summed E-state index contributed by atoms with van der Waals surface area (Å²) in [5.41, 5.74) is 3.51. The SMILES string of the molecule is Cc1nc2cc(CC(=O)NC(C)c3cc4cnn(CC(F)(F)F)c4cn3)ccc2n1C. The van der Waals surface area contributed by atoms with Gasteiger partial charge in [-0.25, -0.2) is 4.98 Å². The van der Waals surface area contributed by atoms with Gasteiger partial charge in [0.25, 0.3) is 0 Å². The largest absolute Gasteiger partial charge is 0.408 e. The molecule has 1 unspecified atom stereocenters. The molecule has 31 heavy (non-hydrogen) atoms. The van der Waals surface area contributed by atoms with Gasteiger partial charge in [-0.2, -0.15) is 18.3 Å². The molecular formula is C21H21F3N6O. The second-order valence-corrected chi connectivity index (χ2v) is 7.59. The van der Waals surface area contributed by atoms with Crippen LogP contribution in [0.1, 0.15) is 30.0 Å². The quantitative estimate of drug-likeness (QED) is 0.525. The molecule has 0 saturated carbocycles. The first-order valence-electron chi connectivity index (χ1n) is 9.70. The van der Waals surface area contributed by atoms with Crippen LogP contribution in [-0.4, -0.2) is 36.4 Å². The van der Waals surface area contributed by atoms with E-state index in [2.05, 4.69) is 20.4 Å². The Morgan fingerprint density at radius 3 is 2.71 bits per heavy atom. The number of carbonyl (C=O) groups is 1. The van der Waals surface area contributed by atoms with Crippen molar-refractivity contribution in [3.63, 3.8) is 0 Å². The molecule has 1 aromatic carbocycles. The van der Waals surface area contributed by atoms with Crippen molar-refractivity contribution in [2.24, 2.45) is 7.05 Å². The van der Waals surface area contributed by atoms with Crippen molar-refractivity contribution in [3.05, 3.63) is 53.7 Å². The molecule has 0 bridgehead atoms. The Labute approximate surface area is 175 Å². The predicted molar refractivity (Wildman–Crippen MR) is 109 cm³/mol. The minimum Gasteiger partial charge on any atom is -0.348 e. The Morgan fingerprint density at radius 1 is 1.19 bits per heavy atom. The molecule has 0 aliphatic carbocycles. The molecule has 3 heterocycles. The van der Waals surface area contributed by atoms with E-state index >= 15 is 0 Å². The molecule has 10 heteroatoms. The molecule has 0 spiro atoms. The summed E-state index contributed by atoms with van der Waals surface area (Å²) in [6.07, 6.45) is -1.47. The number of carbonyl (C=O) groups excluding carboxylic acids is 1. The Hall–Kier alpha value is -3.43. The van der Waals surface area contributed by atoms with Gasteiger partial charge in [0.1, 0.15) is 12.4 Å². The molecule has 4 rings (SSSR count). The average Bonchev–Trinajstić information content (AvgIpc) is 3.20. The number of hydrogen-bond donors (Lipinski definition) is 1. The highest BCUT2D eigenvalue weighted by Crippen LogP contribution is 2.23. The van der Waals surface area contributed by atoms with Gasteiger partial charge >= 0.3 is 6.18 Å². The third-order valence-electron chi connectivity index (χ3n) is 5.23. The molecule has 3 aromatic heterocycles. The summed E-state index contributed by atoms with van der Waals surface area (Å²) >= 11 is 0. The first-order chi connectivity index (χ1) is 14.6. The molecular weight excluding hydrogens is 409 g/mol. The molecule has 0 fully saturated rings. The molecule has 0 aliphatic rings. The number of amides is 1. The van der Waals surface area contributed by atoms with Crippen LogP contribution in [0.2, 0.25) is 0 Å². The van der Waals surface area contributed by atoms with E-state index in [1.807, 2.05) is 36.7 Å². The average molecular weight is 430 g/mol. The van der Waals surface area contributed by atoms with Gasteiger partial charge in [-0.3, -0.25) is 14.5 Å². The van der Waals surface area contributed by atoms with E-state index in [4.69, 9.17) is 0 Å². The number of pyridine rings is 1. The normalized spacial score (nSPS) is 13.1. The number of imidazole rings is 1. The lowest BCUT2D eigenvalue weighted by atomic mass is 10.1. The van der Waals surface area contributed by atoms with Crippen molar-refractivity contribution in [2.75, 3.05) is 0 Å². The minimum absolute atomic E-state index is 0.182. The number of benzene rings is 1. The van der Waals surface area contributed by atoms with E-state index in [1.165, 1.54) is 12.4 Å². The van der Waals surface area contributed by atoms with E-state index in [-0.39, 0.29) is 12.3 Å². The molecule has 1 N–H and O–H groups in total. The van der Waals surface area contributed by atoms with Crippen LogP contribution in [0.25, 0.3) is 21.9 Å². The van der Waals surface area contributed by atoms with Crippen LogP contribution in [-0.2, 0) is 24.8 Å². The predicted octanol–water partition coefficient (Wildman–Crippen LogP) is 3.61. The maximum Gasteiger partial charge on any atom is 0.408 e. The van der Waals surface area contributed by atoms with Gasteiger partial charge in [0.15, 0.2) is 0 Å². The van der Waals surface area contributed by atoms with Gasteiger partial charge < -0.3 is 9.88 Å². The summed E-state index contributed by atoms with van der Waals surface area (Å²) in [6.45, 7) is 2.52. The van der Waals surface area contributed by atoms with E-state index in [1.54, 1.807) is 13.0 Å².